The zero-order chi connectivity index (χ0) is 13.9. The molecule has 0 saturated heterocycles. The van der Waals surface area contributed by atoms with Crippen LogP contribution >= 0.6 is 0 Å². The van der Waals surface area contributed by atoms with Crippen LogP contribution in [0.5, 0.6) is 0 Å². The Kier molecular flexibility index (Phi) is 3.96. The fraction of sp³-hybridized carbons (Fsp3) is 0.333. The number of sulfonamides is 1. The van der Waals surface area contributed by atoms with Gasteiger partial charge in [-0.1, -0.05) is 18.2 Å². The van der Waals surface area contributed by atoms with Crippen LogP contribution in [0.25, 0.3) is 10.9 Å². The van der Waals surface area contributed by atoms with Crippen molar-refractivity contribution in [2.24, 2.45) is 0 Å². The lowest BCUT2D eigenvalue weighted by Gasteiger charge is -2.12. The van der Waals surface area contributed by atoms with Crippen molar-refractivity contribution in [3.8, 4) is 0 Å². The van der Waals surface area contributed by atoms with Crippen molar-refractivity contribution in [2.75, 3.05) is 31.7 Å². The number of hydrogen-bond donors (Lipinski definition) is 1. The fourth-order valence-corrected chi connectivity index (χ4v) is 2.37. The van der Waals surface area contributed by atoms with Crippen LogP contribution in [0.1, 0.15) is 0 Å². The Morgan fingerprint density at radius 1 is 1.26 bits per heavy atom. The highest BCUT2D eigenvalue weighted by molar-refractivity contribution is 7.89. The first-order chi connectivity index (χ1) is 9.00. The van der Waals surface area contributed by atoms with E-state index in [0.717, 1.165) is 16.6 Å². The van der Waals surface area contributed by atoms with E-state index in [0.29, 0.717) is 6.54 Å². The molecule has 0 amide bonds. The highest BCUT2D eigenvalue weighted by Gasteiger charge is 2.13. The molecule has 102 valence electrons. The monoisotopic (exact) mass is 280 g/mol. The lowest BCUT2D eigenvalue weighted by molar-refractivity contribution is 0.521. The summed E-state index contributed by atoms with van der Waals surface area (Å²) in [5.74, 6) is 0.0383. The summed E-state index contributed by atoms with van der Waals surface area (Å²) in [6, 6.07) is 7.58. The smallest absolute Gasteiger partial charge is 0.215 e. The summed E-state index contributed by atoms with van der Waals surface area (Å²) in [5.41, 5.74) is 1.57. The molecule has 0 radical (unpaired) electrons. The molecule has 1 aromatic heterocycles. The van der Waals surface area contributed by atoms with Gasteiger partial charge in [0, 0.05) is 26.0 Å². The Morgan fingerprint density at radius 3 is 2.74 bits per heavy atom. The average molecular weight is 280 g/mol. The largest absolute Gasteiger partial charge is 0.382 e. The summed E-state index contributed by atoms with van der Waals surface area (Å²) in [6.45, 7) is 0.330. The van der Waals surface area contributed by atoms with Gasteiger partial charge in [0.1, 0.15) is 0 Å². The van der Waals surface area contributed by atoms with Crippen molar-refractivity contribution in [3.63, 3.8) is 0 Å². The van der Waals surface area contributed by atoms with E-state index in [-0.39, 0.29) is 5.75 Å². The number of hydrogen-bond acceptors (Lipinski definition) is 5. The third-order valence-electron chi connectivity index (χ3n) is 2.78. The van der Waals surface area contributed by atoms with E-state index in [1.807, 2.05) is 24.3 Å². The van der Waals surface area contributed by atoms with Crippen LogP contribution in [0.15, 0.2) is 30.5 Å². The van der Waals surface area contributed by atoms with Gasteiger partial charge in [-0.15, -0.1) is 0 Å². The summed E-state index contributed by atoms with van der Waals surface area (Å²) >= 11 is 0. The normalized spacial score (nSPS) is 11.9. The van der Waals surface area contributed by atoms with Crippen molar-refractivity contribution in [3.05, 3.63) is 30.5 Å². The van der Waals surface area contributed by atoms with Crippen molar-refractivity contribution < 1.29 is 8.42 Å². The van der Waals surface area contributed by atoms with Gasteiger partial charge >= 0.3 is 0 Å². The predicted molar refractivity (Wildman–Crippen MR) is 75.5 cm³/mol. The molecule has 0 spiro atoms. The van der Waals surface area contributed by atoms with E-state index in [2.05, 4.69) is 15.5 Å². The lowest BCUT2D eigenvalue weighted by atomic mass is 10.2. The van der Waals surface area contributed by atoms with E-state index in [4.69, 9.17) is 0 Å². The van der Waals surface area contributed by atoms with Gasteiger partial charge in [-0.3, -0.25) is 0 Å². The maximum absolute atomic E-state index is 11.6. The molecule has 0 aliphatic heterocycles. The number of nitrogens with one attached hydrogen (secondary N) is 1. The Labute approximate surface area is 112 Å². The quantitative estimate of drug-likeness (QED) is 0.882. The van der Waals surface area contributed by atoms with E-state index in [9.17, 15) is 8.42 Å². The van der Waals surface area contributed by atoms with Gasteiger partial charge in [0.05, 0.1) is 23.2 Å². The Bertz CT molecular complexity index is 665. The number of nitrogens with zero attached hydrogens (tertiary/aromatic N) is 3. The van der Waals surface area contributed by atoms with Crippen LogP contribution in [-0.4, -0.2) is 49.3 Å². The van der Waals surface area contributed by atoms with Crippen molar-refractivity contribution in [2.45, 2.75) is 0 Å². The zero-order valence-corrected chi connectivity index (χ0v) is 11.7. The van der Waals surface area contributed by atoms with Crippen LogP contribution in [0.4, 0.5) is 5.69 Å². The van der Waals surface area contributed by atoms with Gasteiger partial charge in [-0.05, 0) is 6.07 Å². The topological polar surface area (TPSA) is 75.2 Å². The SMILES string of the molecule is CN(C)S(=O)(=O)CCNc1cnnc2ccccc12. The van der Waals surface area contributed by atoms with E-state index in [1.165, 1.54) is 18.4 Å². The molecule has 1 N–H and O–H groups in total. The minimum atomic E-state index is -3.19. The number of benzene rings is 1. The Hall–Kier alpha value is -1.73. The molecule has 7 heteroatoms. The summed E-state index contributed by atoms with van der Waals surface area (Å²) < 4.78 is 24.5. The third kappa shape index (κ3) is 3.18. The summed E-state index contributed by atoms with van der Waals surface area (Å²) in [7, 11) is -0.134. The highest BCUT2D eigenvalue weighted by Crippen LogP contribution is 2.19. The molecule has 2 aromatic rings. The summed E-state index contributed by atoms with van der Waals surface area (Å²) in [6.07, 6.45) is 1.60. The van der Waals surface area contributed by atoms with E-state index >= 15 is 0 Å². The molecule has 0 aliphatic rings. The van der Waals surface area contributed by atoms with E-state index in [1.54, 1.807) is 6.20 Å². The Morgan fingerprint density at radius 2 is 2.00 bits per heavy atom. The number of rotatable bonds is 5. The van der Waals surface area contributed by atoms with Gasteiger partial charge in [-0.25, -0.2) is 12.7 Å². The van der Waals surface area contributed by atoms with E-state index < -0.39 is 10.0 Å². The molecule has 0 aliphatic carbocycles. The van der Waals surface area contributed by atoms with Crippen LogP contribution in [0.2, 0.25) is 0 Å². The van der Waals surface area contributed by atoms with Gasteiger partial charge in [0.15, 0.2) is 0 Å². The molecule has 1 heterocycles. The van der Waals surface area contributed by atoms with Gasteiger partial charge < -0.3 is 5.32 Å². The zero-order valence-electron chi connectivity index (χ0n) is 10.9. The number of fused-ring (bicyclic) bond motifs is 1. The molecular weight excluding hydrogens is 264 g/mol. The second-order valence-corrected chi connectivity index (χ2v) is 6.60. The second-order valence-electron chi connectivity index (χ2n) is 4.30. The molecule has 6 nitrogen and oxygen atoms in total. The Balaban J connectivity index is 2.11. The number of aromatic nitrogens is 2. The molecule has 2 rings (SSSR count). The molecule has 19 heavy (non-hydrogen) atoms. The summed E-state index contributed by atoms with van der Waals surface area (Å²) in [4.78, 5) is 0. The maximum atomic E-state index is 11.6. The molecule has 0 saturated carbocycles. The van der Waals surface area contributed by atoms with Crippen molar-refractivity contribution in [1.82, 2.24) is 14.5 Å². The van der Waals surface area contributed by atoms with Gasteiger partial charge in [0.25, 0.3) is 0 Å². The number of anilines is 1. The van der Waals surface area contributed by atoms with Crippen molar-refractivity contribution in [1.29, 1.82) is 0 Å². The van der Waals surface area contributed by atoms with Crippen LogP contribution in [0, 0.1) is 0 Å². The average Bonchev–Trinajstić information content (AvgIpc) is 2.38. The molecule has 0 atom stereocenters. The molecule has 0 fully saturated rings. The molecule has 0 bridgehead atoms. The maximum Gasteiger partial charge on any atom is 0.215 e. The predicted octanol–water partition coefficient (Wildman–Crippen LogP) is 0.933. The van der Waals surface area contributed by atoms with Crippen LogP contribution in [-0.2, 0) is 10.0 Å². The second kappa shape index (κ2) is 5.50. The lowest BCUT2D eigenvalue weighted by Crippen LogP contribution is -2.28. The molecule has 0 unspecified atom stereocenters. The van der Waals surface area contributed by atoms with Crippen LogP contribution < -0.4 is 5.32 Å². The van der Waals surface area contributed by atoms with Crippen molar-refractivity contribution >= 4 is 26.6 Å². The fourth-order valence-electron chi connectivity index (χ4n) is 1.65. The first kappa shape index (κ1) is 13.7. The first-order valence-corrected chi connectivity index (χ1v) is 7.46. The van der Waals surface area contributed by atoms with Gasteiger partial charge in [0.2, 0.25) is 10.0 Å². The van der Waals surface area contributed by atoms with Crippen LogP contribution in [0.3, 0.4) is 0 Å². The standard InChI is InChI=1S/C12H16N4O2S/c1-16(2)19(17,18)8-7-13-12-9-14-15-11-6-4-3-5-10(11)12/h3-6,9H,7-8H2,1-2H3,(H,13,15). The molecule has 1 aromatic carbocycles. The summed E-state index contributed by atoms with van der Waals surface area (Å²) in [5, 5.41) is 11.9. The minimum absolute atomic E-state index is 0.0383. The third-order valence-corrected chi connectivity index (χ3v) is 4.61. The van der Waals surface area contributed by atoms with Gasteiger partial charge in [-0.2, -0.15) is 10.2 Å². The molecular formula is C12H16N4O2S. The minimum Gasteiger partial charge on any atom is -0.382 e. The highest BCUT2D eigenvalue weighted by atomic mass is 32.2. The first-order valence-electron chi connectivity index (χ1n) is 5.85.